The second kappa shape index (κ2) is 7.98. The molecular formula is C40H31N. The van der Waals surface area contributed by atoms with Gasteiger partial charge < -0.3 is 4.90 Å². The van der Waals surface area contributed by atoms with Gasteiger partial charge in [-0.15, -0.1) is 0 Å². The van der Waals surface area contributed by atoms with Gasteiger partial charge in [-0.1, -0.05) is 104 Å². The first kappa shape index (κ1) is 23.1. The van der Waals surface area contributed by atoms with Crippen molar-refractivity contribution in [3.05, 3.63) is 148 Å². The molecule has 6 aromatic rings. The van der Waals surface area contributed by atoms with Crippen molar-refractivity contribution < 1.29 is 0 Å². The molecule has 196 valence electrons. The molecule has 0 radical (unpaired) electrons. The van der Waals surface area contributed by atoms with Gasteiger partial charge in [-0.2, -0.15) is 0 Å². The van der Waals surface area contributed by atoms with Crippen LogP contribution in [-0.2, 0) is 11.8 Å². The van der Waals surface area contributed by atoms with Crippen LogP contribution in [0.25, 0.3) is 38.7 Å². The average molecular weight is 526 g/mol. The largest absolute Gasteiger partial charge is 0.313 e. The number of nitrogens with zero attached hydrogens (tertiary/aromatic N) is 1. The molecule has 0 saturated heterocycles. The van der Waals surface area contributed by atoms with E-state index in [9.17, 15) is 0 Å². The van der Waals surface area contributed by atoms with Crippen molar-refractivity contribution in [2.45, 2.75) is 38.5 Å². The lowest BCUT2D eigenvalue weighted by atomic mass is 9.78. The first-order valence-electron chi connectivity index (χ1n) is 14.8. The smallest absolute Gasteiger partial charge is 0.0501 e. The number of hydrogen-bond acceptors (Lipinski definition) is 1. The van der Waals surface area contributed by atoms with Gasteiger partial charge in [0.2, 0.25) is 0 Å². The molecule has 41 heavy (non-hydrogen) atoms. The minimum absolute atomic E-state index is 0.0303. The molecule has 0 aromatic heterocycles. The van der Waals surface area contributed by atoms with E-state index in [0.29, 0.717) is 5.92 Å². The van der Waals surface area contributed by atoms with E-state index >= 15 is 0 Å². The molecule has 1 heterocycles. The third-order valence-electron chi connectivity index (χ3n) is 10.0. The van der Waals surface area contributed by atoms with E-state index < -0.39 is 0 Å². The lowest BCUT2D eigenvalue weighted by molar-refractivity contribution is 0.660. The van der Waals surface area contributed by atoms with Crippen LogP contribution in [0.15, 0.2) is 115 Å². The maximum atomic E-state index is 2.56. The molecule has 0 amide bonds. The molecule has 0 fully saturated rings. The maximum absolute atomic E-state index is 2.56. The molecule has 1 nitrogen and oxygen atoms in total. The molecule has 2 aliphatic carbocycles. The van der Waals surface area contributed by atoms with Gasteiger partial charge in [-0.25, -0.2) is 0 Å². The second-order valence-corrected chi connectivity index (χ2v) is 12.6. The molecule has 1 aliphatic heterocycles. The Balaban J connectivity index is 1.35. The third-order valence-corrected chi connectivity index (χ3v) is 10.0. The van der Waals surface area contributed by atoms with Gasteiger partial charge >= 0.3 is 0 Å². The van der Waals surface area contributed by atoms with E-state index in [2.05, 4.69) is 141 Å². The van der Waals surface area contributed by atoms with E-state index in [1.54, 1.807) is 0 Å². The zero-order valence-corrected chi connectivity index (χ0v) is 23.7. The van der Waals surface area contributed by atoms with Crippen LogP contribution in [0, 0.1) is 6.92 Å². The number of allylic oxidation sites excluding steroid dienone is 1. The Labute approximate surface area is 241 Å². The molecule has 3 aliphatic rings. The van der Waals surface area contributed by atoms with Crippen LogP contribution >= 0.6 is 0 Å². The third kappa shape index (κ3) is 3.01. The van der Waals surface area contributed by atoms with Crippen LogP contribution in [0.1, 0.15) is 53.1 Å². The topological polar surface area (TPSA) is 3.24 Å². The summed E-state index contributed by atoms with van der Waals surface area (Å²) in [7, 11) is 0. The van der Waals surface area contributed by atoms with E-state index in [4.69, 9.17) is 0 Å². The summed E-state index contributed by atoms with van der Waals surface area (Å²) < 4.78 is 0. The minimum Gasteiger partial charge on any atom is -0.313 e. The van der Waals surface area contributed by atoms with Crippen molar-refractivity contribution in [3.8, 4) is 11.1 Å². The van der Waals surface area contributed by atoms with E-state index in [0.717, 1.165) is 6.42 Å². The van der Waals surface area contributed by atoms with Gasteiger partial charge in [-0.05, 0) is 104 Å². The number of aryl methyl sites for hydroxylation is 1. The van der Waals surface area contributed by atoms with E-state index in [-0.39, 0.29) is 5.41 Å². The van der Waals surface area contributed by atoms with Crippen LogP contribution in [0.2, 0.25) is 0 Å². The Morgan fingerprint density at radius 3 is 2.10 bits per heavy atom. The van der Waals surface area contributed by atoms with Crippen LogP contribution in [0.4, 0.5) is 11.4 Å². The number of benzene rings is 6. The maximum Gasteiger partial charge on any atom is 0.0501 e. The van der Waals surface area contributed by atoms with E-state index in [1.807, 2.05) is 0 Å². The standard InChI is InChI=1S/C40H31N/c1-24-16-18-25(19-17-24)41-38-22-32-29-13-7-5-11-27(29)26-10-4-6-12-28(26)31(32)20-34(38)35-21-33-30-14-8-9-15-36(30)40(2,3)37(33)23-39(35)41/h4-19,21-23,34H,20H2,1-3H3. The molecule has 0 N–H and O–H groups in total. The minimum atomic E-state index is -0.0303. The lowest BCUT2D eigenvalue weighted by Crippen LogP contribution is -2.18. The summed E-state index contributed by atoms with van der Waals surface area (Å²) in [5, 5.41) is 5.44. The molecule has 1 atom stereocenters. The highest BCUT2D eigenvalue weighted by atomic mass is 15.2. The van der Waals surface area contributed by atoms with Gasteiger partial charge in [-0.3, -0.25) is 0 Å². The summed E-state index contributed by atoms with van der Waals surface area (Å²) in [6.45, 7) is 6.94. The first-order chi connectivity index (χ1) is 20.0. The SMILES string of the molecule is Cc1ccc(N2C3=Cc4c(c5ccccc5c5ccccc45)CC3c3cc4c(cc32)C(C)(C)c2ccccc2-4)cc1. The van der Waals surface area contributed by atoms with Crippen molar-refractivity contribution in [3.63, 3.8) is 0 Å². The molecule has 0 bridgehead atoms. The number of fused-ring (bicyclic) bond motifs is 12. The summed E-state index contributed by atoms with van der Waals surface area (Å²) in [5.41, 5.74) is 15.2. The van der Waals surface area contributed by atoms with Crippen molar-refractivity contribution in [1.29, 1.82) is 0 Å². The highest BCUT2D eigenvalue weighted by Gasteiger charge is 2.42. The molecule has 0 spiro atoms. The summed E-state index contributed by atoms with van der Waals surface area (Å²) >= 11 is 0. The fraction of sp³-hybridized carbons (Fsp3) is 0.150. The Bertz CT molecular complexity index is 2110. The van der Waals surface area contributed by atoms with Gasteiger partial charge in [0.05, 0.1) is 5.69 Å². The predicted octanol–water partition coefficient (Wildman–Crippen LogP) is 10.4. The van der Waals surface area contributed by atoms with Crippen molar-refractivity contribution in [2.75, 3.05) is 4.90 Å². The van der Waals surface area contributed by atoms with Crippen LogP contribution in [-0.4, -0.2) is 0 Å². The molecule has 1 heteroatoms. The molecule has 0 saturated carbocycles. The Morgan fingerprint density at radius 2 is 1.32 bits per heavy atom. The fourth-order valence-electron chi connectivity index (χ4n) is 8.02. The molecule has 6 aromatic carbocycles. The summed E-state index contributed by atoms with van der Waals surface area (Å²) in [4.78, 5) is 2.56. The summed E-state index contributed by atoms with van der Waals surface area (Å²) in [6, 6.07) is 41.1. The van der Waals surface area contributed by atoms with Gasteiger partial charge in [0, 0.05) is 22.7 Å². The summed E-state index contributed by atoms with van der Waals surface area (Å²) in [5.74, 6) is 0.310. The highest BCUT2D eigenvalue weighted by Crippen LogP contribution is 2.58. The van der Waals surface area contributed by atoms with Gasteiger partial charge in [0.25, 0.3) is 0 Å². The Morgan fingerprint density at radius 1 is 0.659 bits per heavy atom. The zero-order valence-electron chi connectivity index (χ0n) is 23.7. The van der Waals surface area contributed by atoms with Crippen molar-refractivity contribution >= 4 is 39.0 Å². The van der Waals surface area contributed by atoms with Crippen LogP contribution < -0.4 is 4.90 Å². The quantitative estimate of drug-likeness (QED) is 0.193. The Kier molecular flexibility index (Phi) is 4.50. The monoisotopic (exact) mass is 525 g/mol. The fourth-order valence-corrected chi connectivity index (χ4v) is 8.02. The number of hydrogen-bond donors (Lipinski definition) is 0. The highest BCUT2D eigenvalue weighted by molar-refractivity contribution is 6.13. The molecule has 1 unspecified atom stereocenters. The molecule has 9 rings (SSSR count). The average Bonchev–Trinajstić information content (AvgIpc) is 3.44. The lowest BCUT2D eigenvalue weighted by Gasteiger charge is -2.29. The van der Waals surface area contributed by atoms with Gasteiger partial charge in [0.1, 0.15) is 0 Å². The first-order valence-corrected chi connectivity index (χ1v) is 14.8. The number of rotatable bonds is 1. The predicted molar refractivity (Wildman–Crippen MR) is 173 cm³/mol. The Hall–Kier alpha value is -4.62. The van der Waals surface area contributed by atoms with E-state index in [1.165, 1.54) is 83.1 Å². The van der Waals surface area contributed by atoms with Crippen LogP contribution in [0.3, 0.4) is 0 Å². The molecular weight excluding hydrogens is 494 g/mol. The van der Waals surface area contributed by atoms with Crippen LogP contribution in [0.5, 0.6) is 0 Å². The normalized spacial score (nSPS) is 17.6. The zero-order chi connectivity index (χ0) is 27.5. The van der Waals surface area contributed by atoms with Crippen molar-refractivity contribution in [2.24, 2.45) is 0 Å². The van der Waals surface area contributed by atoms with Gasteiger partial charge in [0.15, 0.2) is 0 Å². The summed E-state index contributed by atoms with van der Waals surface area (Å²) in [6.07, 6.45) is 3.52. The second-order valence-electron chi connectivity index (χ2n) is 12.6. The number of anilines is 2. The van der Waals surface area contributed by atoms with Crippen molar-refractivity contribution in [1.82, 2.24) is 0 Å².